The molecule has 0 bridgehead atoms. The quantitative estimate of drug-likeness (QED) is 0.733. The Kier molecular flexibility index (Phi) is 5.09. The Morgan fingerprint density at radius 3 is 2.57 bits per heavy atom. The van der Waals surface area contributed by atoms with Crippen LogP contribution in [0.3, 0.4) is 0 Å². The Hall–Kier alpha value is -3.55. The molecule has 4 rings (SSSR count). The molecule has 2 heterocycles. The van der Waals surface area contributed by atoms with Gasteiger partial charge in [-0.1, -0.05) is 18.2 Å². The van der Waals surface area contributed by atoms with E-state index in [0.717, 1.165) is 31.5 Å². The predicted octanol–water partition coefficient (Wildman–Crippen LogP) is 1.83. The van der Waals surface area contributed by atoms with Crippen molar-refractivity contribution in [2.45, 2.75) is 19.4 Å². The average molecular weight is 376 g/mol. The van der Waals surface area contributed by atoms with Crippen molar-refractivity contribution in [3.05, 3.63) is 71.5 Å². The molecule has 1 aliphatic heterocycles. The Morgan fingerprint density at radius 1 is 1.00 bits per heavy atom. The molecule has 2 aromatic carbocycles. The van der Waals surface area contributed by atoms with Crippen LogP contribution in [0.4, 0.5) is 0 Å². The van der Waals surface area contributed by atoms with Crippen LogP contribution in [0.1, 0.15) is 39.1 Å². The highest BCUT2D eigenvalue weighted by Gasteiger charge is 2.19. The molecular weight excluding hydrogens is 356 g/mol. The predicted molar refractivity (Wildman–Crippen MR) is 102 cm³/mol. The van der Waals surface area contributed by atoms with Gasteiger partial charge < -0.3 is 10.2 Å². The fraction of sp³-hybridized carbons (Fsp3) is 0.250. The zero-order valence-corrected chi connectivity index (χ0v) is 15.3. The van der Waals surface area contributed by atoms with Crippen LogP contribution < -0.4 is 5.32 Å². The van der Waals surface area contributed by atoms with Gasteiger partial charge in [-0.3, -0.25) is 9.59 Å². The van der Waals surface area contributed by atoms with Gasteiger partial charge in [-0.25, -0.2) is 4.68 Å². The van der Waals surface area contributed by atoms with Crippen LogP contribution in [0.2, 0.25) is 0 Å². The van der Waals surface area contributed by atoms with E-state index in [1.54, 1.807) is 18.2 Å². The van der Waals surface area contributed by atoms with E-state index in [2.05, 4.69) is 20.8 Å². The summed E-state index contributed by atoms with van der Waals surface area (Å²) in [6.45, 7) is 1.98. The van der Waals surface area contributed by atoms with Crippen molar-refractivity contribution in [2.24, 2.45) is 0 Å². The highest BCUT2D eigenvalue weighted by Crippen LogP contribution is 2.14. The second-order valence-electron chi connectivity index (χ2n) is 6.69. The van der Waals surface area contributed by atoms with Gasteiger partial charge in [0.1, 0.15) is 6.33 Å². The molecule has 3 aromatic rings. The summed E-state index contributed by atoms with van der Waals surface area (Å²) in [5.74, 6) is -0.147. The number of carbonyl (C=O) groups is 2. The lowest BCUT2D eigenvalue weighted by atomic mass is 10.1. The van der Waals surface area contributed by atoms with Gasteiger partial charge in [-0.05, 0) is 59.2 Å². The largest absolute Gasteiger partial charge is 0.348 e. The standard InChI is InChI=1S/C20H20N6O2/c27-19(16-6-4-8-18(12-16)26-14-22-23-24-26)21-13-15-5-3-7-17(11-15)20(28)25-9-1-2-10-25/h3-8,11-12,14H,1-2,9-10,13H2,(H,21,27). The van der Waals surface area contributed by atoms with Crippen molar-refractivity contribution in [1.82, 2.24) is 30.4 Å². The third-order valence-electron chi connectivity index (χ3n) is 4.74. The van der Waals surface area contributed by atoms with Crippen LogP contribution >= 0.6 is 0 Å². The van der Waals surface area contributed by atoms with Crippen LogP contribution in [0.15, 0.2) is 54.9 Å². The molecule has 1 fully saturated rings. The molecule has 1 aliphatic rings. The normalized spacial score (nSPS) is 13.5. The summed E-state index contributed by atoms with van der Waals surface area (Å²) in [5, 5.41) is 13.9. The van der Waals surface area contributed by atoms with Crippen molar-refractivity contribution in [1.29, 1.82) is 0 Å². The number of hydrogen-bond donors (Lipinski definition) is 1. The van der Waals surface area contributed by atoms with E-state index in [-0.39, 0.29) is 11.8 Å². The summed E-state index contributed by atoms with van der Waals surface area (Å²) in [5.41, 5.74) is 2.76. The molecule has 0 radical (unpaired) electrons. The molecule has 8 heteroatoms. The summed E-state index contributed by atoms with van der Waals surface area (Å²) in [7, 11) is 0. The fourth-order valence-electron chi connectivity index (χ4n) is 3.27. The number of likely N-dealkylation sites (tertiary alicyclic amines) is 1. The zero-order chi connectivity index (χ0) is 19.3. The number of tetrazole rings is 1. The van der Waals surface area contributed by atoms with Crippen molar-refractivity contribution in [2.75, 3.05) is 13.1 Å². The molecule has 0 aliphatic carbocycles. The minimum Gasteiger partial charge on any atom is -0.348 e. The number of benzene rings is 2. The van der Waals surface area contributed by atoms with Gasteiger partial charge in [0.2, 0.25) is 0 Å². The van der Waals surface area contributed by atoms with E-state index in [4.69, 9.17) is 0 Å². The molecule has 1 aromatic heterocycles. The summed E-state index contributed by atoms with van der Waals surface area (Å²) < 4.78 is 1.49. The summed E-state index contributed by atoms with van der Waals surface area (Å²) in [6.07, 6.45) is 3.59. The Bertz CT molecular complexity index is 980. The summed E-state index contributed by atoms with van der Waals surface area (Å²) in [6, 6.07) is 14.5. The molecule has 28 heavy (non-hydrogen) atoms. The summed E-state index contributed by atoms with van der Waals surface area (Å²) in [4.78, 5) is 26.9. The third kappa shape index (κ3) is 3.90. The lowest BCUT2D eigenvalue weighted by molar-refractivity contribution is 0.0792. The third-order valence-corrected chi connectivity index (χ3v) is 4.74. The van der Waals surface area contributed by atoms with Crippen LogP contribution in [0.25, 0.3) is 5.69 Å². The minimum absolute atomic E-state index is 0.0554. The van der Waals surface area contributed by atoms with Gasteiger partial charge in [0.05, 0.1) is 5.69 Å². The lowest BCUT2D eigenvalue weighted by Crippen LogP contribution is -2.28. The topological polar surface area (TPSA) is 93.0 Å². The number of nitrogens with zero attached hydrogens (tertiary/aromatic N) is 5. The molecule has 1 saturated heterocycles. The molecule has 2 amide bonds. The molecule has 0 atom stereocenters. The van der Waals surface area contributed by atoms with Crippen LogP contribution in [0.5, 0.6) is 0 Å². The number of amides is 2. The molecule has 8 nitrogen and oxygen atoms in total. The second kappa shape index (κ2) is 7.99. The maximum absolute atomic E-state index is 12.5. The first kappa shape index (κ1) is 17.8. The van der Waals surface area contributed by atoms with E-state index in [9.17, 15) is 9.59 Å². The maximum atomic E-state index is 12.5. The molecular formula is C20H20N6O2. The van der Waals surface area contributed by atoms with Crippen LogP contribution in [0, 0.1) is 0 Å². The van der Waals surface area contributed by atoms with Gasteiger partial charge in [0.15, 0.2) is 0 Å². The first-order valence-electron chi connectivity index (χ1n) is 9.20. The van der Waals surface area contributed by atoms with Gasteiger partial charge >= 0.3 is 0 Å². The van der Waals surface area contributed by atoms with E-state index >= 15 is 0 Å². The van der Waals surface area contributed by atoms with Gasteiger partial charge in [0.25, 0.3) is 11.8 Å². The maximum Gasteiger partial charge on any atom is 0.253 e. The number of hydrogen-bond acceptors (Lipinski definition) is 5. The average Bonchev–Trinajstić information content (AvgIpc) is 3.46. The van der Waals surface area contributed by atoms with E-state index in [1.807, 2.05) is 35.2 Å². The molecule has 0 spiro atoms. The smallest absolute Gasteiger partial charge is 0.253 e. The second-order valence-corrected chi connectivity index (χ2v) is 6.69. The van der Waals surface area contributed by atoms with Crippen molar-refractivity contribution >= 4 is 11.8 Å². The van der Waals surface area contributed by atoms with E-state index < -0.39 is 0 Å². The Morgan fingerprint density at radius 2 is 1.79 bits per heavy atom. The van der Waals surface area contributed by atoms with Gasteiger partial charge in [-0.2, -0.15) is 0 Å². The molecule has 1 N–H and O–H groups in total. The van der Waals surface area contributed by atoms with Crippen molar-refractivity contribution < 1.29 is 9.59 Å². The summed E-state index contributed by atoms with van der Waals surface area (Å²) >= 11 is 0. The van der Waals surface area contributed by atoms with E-state index in [0.29, 0.717) is 23.4 Å². The molecule has 142 valence electrons. The molecule has 0 unspecified atom stereocenters. The van der Waals surface area contributed by atoms with Crippen molar-refractivity contribution in [3.8, 4) is 5.69 Å². The Labute approximate surface area is 162 Å². The van der Waals surface area contributed by atoms with Crippen molar-refractivity contribution in [3.63, 3.8) is 0 Å². The van der Waals surface area contributed by atoms with Crippen LogP contribution in [-0.4, -0.2) is 50.0 Å². The molecule has 0 saturated carbocycles. The first-order valence-corrected chi connectivity index (χ1v) is 9.20. The fourth-order valence-corrected chi connectivity index (χ4v) is 3.27. The van der Waals surface area contributed by atoms with Gasteiger partial charge in [0, 0.05) is 30.8 Å². The van der Waals surface area contributed by atoms with Gasteiger partial charge in [-0.15, -0.1) is 5.10 Å². The monoisotopic (exact) mass is 376 g/mol. The highest BCUT2D eigenvalue weighted by molar-refractivity contribution is 5.95. The first-order chi connectivity index (χ1) is 13.7. The zero-order valence-electron chi connectivity index (χ0n) is 15.3. The number of carbonyl (C=O) groups excluding carboxylic acids is 2. The van der Waals surface area contributed by atoms with E-state index in [1.165, 1.54) is 11.0 Å². The number of nitrogens with one attached hydrogen (secondary N) is 1. The minimum atomic E-state index is -0.203. The number of aromatic nitrogens is 4. The SMILES string of the molecule is O=C(NCc1cccc(C(=O)N2CCCC2)c1)c1cccc(-n2cnnn2)c1. The Balaban J connectivity index is 1.42. The number of rotatable bonds is 5. The lowest BCUT2D eigenvalue weighted by Gasteiger charge is -2.15. The highest BCUT2D eigenvalue weighted by atomic mass is 16.2. The van der Waals surface area contributed by atoms with Crippen LogP contribution in [-0.2, 0) is 6.54 Å².